The van der Waals surface area contributed by atoms with E-state index in [9.17, 15) is 9.59 Å². The van der Waals surface area contributed by atoms with Crippen molar-refractivity contribution in [3.05, 3.63) is 75.1 Å². The van der Waals surface area contributed by atoms with Gasteiger partial charge in [0.1, 0.15) is 0 Å². The minimum absolute atomic E-state index is 0.0635. The molecule has 5 nitrogen and oxygen atoms in total. The van der Waals surface area contributed by atoms with E-state index in [2.05, 4.69) is 28.2 Å². The number of hydrogen-bond donors (Lipinski definition) is 1. The molecule has 0 saturated carbocycles. The predicted octanol–water partition coefficient (Wildman–Crippen LogP) is 4.76. The summed E-state index contributed by atoms with van der Waals surface area (Å²) in [4.78, 5) is 31.1. The number of nitrogens with zero attached hydrogens (tertiary/aromatic N) is 2. The summed E-state index contributed by atoms with van der Waals surface area (Å²) in [7, 11) is 0. The fraction of sp³-hybridized carbons (Fsp3) is 0.190. The molecule has 2 aromatic carbocycles. The number of fused-ring (bicyclic) bond motifs is 1. The van der Waals surface area contributed by atoms with Gasteiger partial charge in [0.05, 0.1) is 22.0 Å². The molecular formula is C21H18BrN3O2S2. The van der Waals surface area contributed by atoms with Crippen molar-refractivity contribution in [3.63, 3.8) is 0 Å². The topological polar surface area (TPSA) is 64.0 Å². The Labute approximate surface area is 185 Å². The van der Waals surface area contributed by atoms with Crippen molar-refractivity contribution in [2.75, 3.05) is 11.1 Å². The highest BCUT2D eigenvalue weighted by Gasteiger charge is 2.27. The quantitative estimate of drug-likeness (QED) is 0.415. The number of benzene rings is 2. The molecule has 0 bridgehead atoms. The summed E-state index contributed by atoms with van der Waals surface area (Å²) in [5.41, 5.74) is 2.25. The molecule has 8 heteroatoms. The van der Waals surface area contributed by atoms with Gasteiger partial charge in [0.25, 0.3) is 5.56 Å². The Morgan fingerprint density at radius 1 is 1.24 bits per heavy atom. The fourth-order valence-corrected chi connectivity index (χ4v) is 5.25. The number of para-hydroxylation sites is 1. The van der Waals surface area contributed by atoms with Crippen LogP contribution in [0.4, 0.5) is 5.69 Å². The van der Waals surface area contributed by atoms with Crippen molar-refractivity contribution in [2.24, 2.45) is 0 Å². The standard InChI is InChI=1S/C21H18BrN3O2S2/c1-13-11-17-19(29-13)20(27)25(16-5-3-2-4-6-16)21(24-17)28-12-18(26)23-15-9-7-14(22)8-10-15/h2-10,13H,11-12H2,1H3,(H,23,26). The van der Waals surface area contributed by atoms with E-state index < -0.39 is 0 Å². The Morgan fingerprint density at radius 3 is 2.69 bits per heavy atom. The maximum atomic E-state index is 13.2. The van der Waals surface area contributed by atoms with Crippen LogP contribution in [0.5, 0.6) is 0 Å². The molecule has 1 aromatic heterocycles. The van der Waals surface area contributed by atoms with Crippen LogP contribution in [0.3, 0.4) is 0 Å². The number of halogens is 1. The number of rotatable bonds is 5. The van der Waals surface area contributed by atoms with Crippen molar-refractivity contribution >= 4 is 51.0 Å². The van der Waals surface area contributed by atoms with Gasteiger partial charge in [-0.15, -0.1) is 11.8 Å². The van der Waals surface area contributed by atoms with Crippen LogP contribution in [-0.2, 0) is 11.2 Å². The molecule has 1 N–H and O–H groups in total. The predicted molar refractivity (Wildman–Crippen MR) is 122 cm³/mol. The first kappa shape index (κ1) is 20.3. The van der Waals surface area contributed by atoms with E-state index >= 15 is 0 Å². The average molecular weight is 488 g/mol. The van der Waals surface area contributed by atoms with E-state index in [1.807, 2.05) is 54.6 Å². The zero-order valence-electron chi connectivity index (χ0n) is 15.6. The van der Waals surface area contributed by atoms with Crippen molar-refractivity contribution in [3.8, 4) is 5.69 Å². The monoisotopic (exact) mass is 487 g/mol. The summed E-state index contributed by atoms with van der Waals surface area (Å²) >= 11 is 6.23. The largest absolute Gasteiger partial charge is 0.325 e. The molecule has 0 saturated heterocycles. The van der Waals surface area contributed by atoms with Crippen LogP contribution in [0.1, 0.15) is 12.6 Å². The number of nitrogens with one attached hydrogen (secondary N) is 1. The molecule has 0 spiro atoms. The minimum atomic E-state index is -0.144. The average Bonchev–Trinajstić information content (AvgIpc) is 3.09. The molecule has 1 aliphatic heterocycles. The summed E-state index contributed by atoms with van der Waals surface area (Å²) in [6, 6.07) is 16.9. The van der Waals surface area contributed by atoms with Crippen molar-refractivity contribution in [1.29, 1.82) is 0 Å². The smallest absolute Gasteiger partial charge is 0.272 e. The molecule has 3 aromatic rings. The van der Waals surface area contributed by atoms with Crippen LogP contribution in [-0.4, -0.2) is 26.5 Å². The molecular weight excluding hydrogens is 470 g/mol. The highest BCUT2D eigenvalue weighted by Crippen LogP contribution is 2.34. The third-order valence-corrected chi connectivity index (χ3v) is 7.04. The summed E-state index contributed by atoms with van der Waals surface area (Å²) in [6.45, 7) is 2.09. The van der Waals surface area contributed by atoms with Gasteiger partial charge in [0, 0.05) is 21.8 Å². The summed E-state index contributed by atoms with van der Waals surface area (Å²) in [5.74, 6) is 0.0195. The van der Waals surface area contributed by atoms with Crippen LogP contribution in [0.15, 0.2) is 73.9 Å². The Bertz CT molecular complexity index is 1100. The van der Waals surface area contributed by atoms with E-state index in [0.29, 0.717) is 15.3 Å². The van der Waals surface area contributed by atoms with Crippen LogP contribution >= 0.6 is 39.5 Å². The molecule has 0 aliphatic carbocycles. The van der Waals surface area contributed by atoms with E-state index in [4.69, 9.17) is 4.98 Å². The maximum Gasteiger partial charge on any atom is 0.272 e. The zero-order chi connectivity index (χ0) is 20.4. The van der Waals surface area contributed by atoms with Gasteiger partial charge in [-0.2, -0.15) is 0 Å². The molecule has 1 aliphatic rings. The second kappa shape index (κ2) is 8.77. The number of aromatic nitrogens is 2. The Hall–Kier alpha value is -2.03. The SMILES string of the molecule is CC1Cc2nc(SCC(=O)Nc3ccc(Br)cc3)n(-c3ccccc3)c(=O)c2S1. The summed E-state index contributed by atoms with van der Waals surface area (Å²) < 4.78 is 2.56. The first-order valence-corrected chi connectivity index (χ1v) is 11.7. The minimum Gasteiger partial charge on any atom is -0.325 e. The number of carbonyl (C=O) groups excluding carboxylic acids is 1. The van der Waals surface area contributed by atoms with Gasteiger partial charge in [0.15, 0.2) is 5.16 Å². The van der Waals surface area contributed by atoms with E-state index in [1.54, 1.807) is 16.3 Å². The van der Waals surface area contributed by atoms with Gasteiger partial charge >= 0.3 is 0 Å². The number of thioether (sulfide) groups is 2. The Kier molecular flexibility index (Phi) is 6.12. The lowest BCUT2D eigenvalue weighted by molar-refractivity contribution is -0.113. The fourth-order valence-electron chi connectivity index (χ4n) is 3.06. The Balaban J connectivity index is 1.60. The lowest BCUT2D eigenvalue weighted by Crippen LogP contribution is -2.24. The first-order chi connectivity index (χ1) is 14.0. The first-order valence-electron chi connectivity index (χ1n) is 9.07. The van der Waals surface area contributed by atoms with Crippen molar-refractivity contribution < 1.29 is 4.79 Å². The van der Waals surface area contributed by atoms with Gasteiger partial charge in [-0.3, -0.25) is 14.2 Å². The van der Waals surface area contributed by atoms with Crippen molar-refractivity contribution in [1.82, 2.24) is 9.55 Å². The highest BCUT2D eigenvalue weighted by molar-refractivity contribution is 9.10. The molecule has 0 fully saturated rings. The van der Waals surface area contributed by atoms with Crippen LogP contribution in [0, 0.1) is 0 Å². The zero-order valence-corrected chi connectivity index (χ0v) is 18.8. The normalized spacial score (nSPS) is 15.2. The second-order valence-electron chi connectivity index (χ2n) is 6.62. The highest BCUT2D eigenvalue weighted by atomic mass is 79.9. The summed E-state index contributed by atoms with van der Waals surface area (Å²) in [5, 5.41) is 3.74. The third-order valence-electron chi connectivity index (χ3n) is 4.36. The second-order valence-corrected chi connectivity index (χ2v) is 9.93. The van der Waals surface area contributed by atoms with Gasteiger partial charge < -0.3 is 5.32 Å². The van der Waals surface area contributed by atoms with Crippen LogP contribution in [0.25, 0.3) is 5.69 Å². The molecule has 148 valence electrons. The van der Waals surface area contributed by atoms with E-state index in [-0.39, 0.29) is 17.2 Å². The number of anilines is 1. The molecule has 4 rings (SSSR count). The molecule has 1 unspecified atom stereocenters. The van der Waals surface area contributed by atoms with Gasteiger partial charge in [-0.25, -0.2) is 4.98 Å². The number of hydrogen-bond acceptors (Lipinski definition) is 5. The van der Waals surface area contributed by atoms with Gasteiger partial charge in [-0.1, -0.05) is 52.8 Å². The number of amides is 1. The van der Waals surface area contributed by atoms with Crippen LogP contribution < -0.4 is 10.9 Å². The Morgan fingerprint density at radius 2 is 1.97 bits per heavy atom. The third kappa shape index (κ3) is 4.60. The van der Waals surface area contributed by atoms with Gasteiger partial charge in [0.2, 0.25) is 5.91 Å². The molecule has 2 heterocycles. The maximum absolute atomic E-state index is 13.2. The molecule has 1 amide bonds. The van der Waals surface area contributed by atoms with Crippen LogP contribution in [0.2, 0.25) is 0 Å². The lowest BCUT2D eigenvalue weighted by Gasteiger charge is -2.13. The lowest BCUT2D eigenvalue weighted by atomic mass is 10.2. The van der Waals surface area contributed by atoms with E-state index in [0.717, 1.165) is 28.0 Å². The van der Waals surface area contributed by atoms with E-state index in [1.165, 1.54) is 11.8 Å². The summed E-state index contributed by atoms with van der Waals surface area (Å²) in [6.07, 6.45) is 0.767. The van der Waals surface area contributed by atoms with Gasteiger partial charge in [-0.05, 0) is 36.4 Å². The number of carbonyl (C=O) groups is 1. The molecule has 29 heavy (non-hydrogen) atoms. The molecule has 1 atom stereocenters. The molecule has 0 radical (unpaired) electrons. The van der Waals surface area contributed by atoms with Crippen molar-refractivity contribution in [2.45, 2.75) is 28.6 Å².